The monoisotopic (exact) mass is 340 g/mol. The van der Waals surface area contributed by atoms with E-state index in [1.807, 2.05) is 11.8 Å². The van der Waals surface area contributed by atoms with Gasteiger partial charge in [-0.1, -0.05) is 6.92 Å². The Balaban J connectivity index is 2.10. The van der Waals surface area contributed by atoms with Crippen molar-refractivity contribution >= 4 is 29.0 Å². The van der Waals surface area contributed by atoms with Crippen LogP contribution >= 0.6 is 11.6 Å². The Morgan fingerprint density at radius 3 is 2.78 bits per heavy atom. The number of carbonyl (C=O) groups excluding carboxylic acids is 1. The molecule has 0 aromatic carbocycles. The first kappa shape index (κ1) is 16.4. The number of fused-ring (bicyclic) bond motifs is 3. The van der Waals surface area contributed by atoms with Gasteiger partial charge >= 0.3 is 0 Å². The highest BCUT2D eigenvalue weighted by Crippen LogP contribution is 2.41. The molecule has 1 saturated heterocycles. The molecule has 23 heavy (non-hydrogen) atoms. The molecule has 0 radical (unpaired) electrons. The molecule has 8 heteroatoms. The Hall–Kier alpha value is -1.44. The third kappa shape index (κ3) is 2.77. The lowest BCUT2D eigenvalue weighted by molar-refractivity contribution is -0.120. The second kappa shape index (κ2) is 6.59. The van der Waals surface area contributed by atoms with Crippen molar-refractivity contribution in [1.29, 1.82) is 0 Å². The van der Waals surface area contributed by atoms with Crippen molar-refractivity contribution in [2.75, 3.05) is 43.7 Å². The van der Waals surface area contributed by atoms with Crippen molar-refractivity contribution in [3.8, 4) is 0 Å². The van der Waals surface area contributed by atoms with E-state index in [0.29, 0.717) is 32.5 Å². The molecular formula is C15H21ClN4O3. The lowest BCUT2D eigenvalue weighted by Gasteiger charge is -2.39. The fourth-order valence-electron chi connectivity index (χ4n) is 3.31. The van der Waals surface area contributed by atoms with Crippen LogP contribution in [0.25, 0.3) is 0 Å². The molecule has 0 spiro atoms. The van der Waals surface area contributed by atoms with Crippen LogP contribution in [0.2, 0.25) is 5.28 Å². The van der Waals surface area contributed by atoms with Crippen LogP contribution in [0.15, 0.2) is 0 Å². The van der Waals surface area contributed by atoms with E-state index in [4.69, 9.17) is 21.1 Å². The minimum Gasteiger partial charge on any atom is -0.383 e. The molecule has 0 bridgehead atoms. The van der Waals surface area contributed by atoms with Gasteiger partial charge in [0.2, 0.25) is 11.2 Å². The van der Waals surface area contributed by atoms with Crippen molar-refractivity contribution in [2.24, 2.45) is 0 Å². The molecule has 7 nitrogen and oxygen atoms in total. The summed E-state index contributed by atoms with van der Waals surface area (Å²) in [6, 6.07) is -0.264. The van der Waals surface area contributed by atoms with Crippen LogP contribution in [0.5, 0.6) is 0 Å². The average molecular weight is 341 g/mol. The quantitative estimate of drug-likeness (QED) is 0.752. The molecule has 126 valence electrons. The van der Waals surface area contributed by atoms with E-state index in [1.54, 1.807) is 19.1 Å². The molecule has 0 unspecified atom stereocenters. The van der Waals surface area contributed by atoms with Crippen LogP contribution in [0, 0.1) is 0 Å². The fourth-order valence-corrected chi connectivity index (χ4v) is 3.50. The molecular weight excluding hydrogens is 320 g/mol. The number of anilines is 2. The highest BCUT2D eigenvalue weighted by Gasteiger charge is 2.46. The number of ether oxygens (including phenoxy) is 2. The summed E-state index contributed by atoms with van der Waals surface area (Å²) in [5.41, 5.74) is 1.54. The van der Waals surface area contributed by atoms with Gasteiger partial charge in [-0.05, 0) is 18.0 Å². The number of amides is 1. The maximum atomic E-state index is 13.0. The molecule has 0 saturated carbocycles. The highest BCUT2D eigenvalue weighted by molar-refractivity contribution is 6.28. The van der Waals surface area contributed by atoms with Gasteiger partial charge in [0.05, 0.1) is 18.4 Å². The Labute approximate surface area is 140 Å². The Morgan fingerprint density at radius 1 is 1.35 bits per heavy atom. The standard InChI is InChI=1S/C15H21ClN4O3/c1-4-10-12-13(18-15(16)17-10)20-8-9(23-3)7-11(20)14(21)19(12)5-6-22-2/h9,11H,4-8H2,1-3H3/t9-,11+/m1/s1. The minimum absolute atomic E-state index is 0.0120. The third-order valence-electron chi connectivity index (χ3n) is 4.45. The Bertz CT molecular complexity index is 613. The first-order valence-electron chi connectivity index (χ1n) is 7.76. The van der Waals surface area contributed by atoms with Gasteiger partial charge in [-0.2, -0.15) is 4.98 Å². The fraction of sp³-hybridized carbons (Fsp3) is 0.667. The average Bonchev–Trinajstić information content (AvgIpc) is 2.99. The Kier molecular flexibility index (Phi) is 4.70. The number of hydrogen-bond acceptors (Lipinski definition) is 6. The van der Waals surface area contributed by atoms with Crippen LogP contribution in [0.3, 0.4) is 0 Å². The molecule has 2 aliphatic heterocycles. The zero-order valence-corrected chi connectivity index (χ0v) is 14.3. The summed E-state index contributed by atoms with van der Waals surface area (Å²) in [5.74, 6) is 0.775. The van der Waals surface area contributed by atoms with Crippen LogP contribution in [0.4, 0.5) is 11.5 Å². The maximum absolute atomic E-state index is 13.0. The Morgan fingerprint density at radius 2 is 2.13 bits per heavy atom. The van der Waals surface area contributed by atoms with Gasteiger partial charge in [0.15, 0.2) is 5.82 Å². The number of methoxy groups -OCH3 is 2. The van der Waals surface area contributed by atoms with Gasteiger partial charge < -0.3 is 19.3 Å². The minimum atomic E-state index is -0.264. The number of nitrogens with zero attached hydrogens (tertiary/aromatic N) is 4. The van der Waals surface area contributed by atoms with Crippen molar-refractivity contribution in [3.05, 3.63) is 11.0 Å². The second-order valence-corrected chi connectivity index (χ2v) is 6.05. The predicted octanol–water partition coefficient (Wildman–Crippen LogP) is 1.28. The summed E-state index contributed by atoms with van der Waals surface area (Å²) in [6.07, 6.45) is 1.34. The lowest BCUT2D eigenvalue weighted by atomic mass is 10.1. The lowest BCUT2D eigenvalue weighted by Crippen LogP contribution is -2.52. The molecule has 2 aliphatic rings. The first-order valence-corrected chi connectivity index (χ1v) is 8.14. The van der Waals surface area contributed by atoms with Gasteiger partial charge in [-0.25, -0.2) is 4.98 Å². The van der Waals surface area contributed by atoms with E-state index in [-0.39, 0.29) is 23.3 Å². The summed E-state index contributed by atoms with van der Waals surface area (Å²) < 4.78 is 10.6. The number of rotatable bonds is 5. The molecule has 1 aromatic heterocycles. The normalized spacial score (nSPS) is 23.2. The first-order chi connectivity index (χ1) is 11.1. The number of hydrogen-bond donors (Lipinski definition) is 0. The van der Waals surface area contributed by atoms with Gasteiger partial charge in [0, 0.05) is 33.7 Å². The van der Waals surface area contributed by atoms with E-state index in [9.17, 15) is 4.79 Å². The van der Waals surface area contributed by atoms with E-state index >= 15 is 0 Å². The van der Waals surface area contributed by atoms with Gasteiger partial charge in [-0.15, -0.1) is 0 Å². The second-order valence-electron chi connectivity index (χ2n) is 5.71. The van der Waals surface area contributed by atoms with Crippen molar-refractivity contribution < 1.29 is 14.3 Å². The summed E-state index contributed by atoms with van der Waals surface area (Å²) in [4.78, 5) is 25.4. The largest absolute Gasteiger partial charge is 0.383 e. The van der Waals surface area contributed by atoms with Crippen molar-refractivity contribution in [3.63, 3.8) is 0 Å². The number of carbonyl (C=O) groups is 1. The highest BCUT2D eigenvalue weighted by atomic mass is 35.5. The molecule has 3 heterocycles. The topological polar surface area (TPSA) is 67.8 Å². The SMILES string of the molecule is CCc1nc(Cl)nc2c1N(CCOC)C(=O)[C@@H]1C[C@@H](OC)CN21. The van der Waals surface area contributed by atoms with Crippen molar-refractivity contribution in [2.45, 2.75) is 31.9 Å². The van der Waals surface area contributed by atoms with Crippen LogP contribution in [0.1, 0.15) is 19.0 Å². The molecule has 0 N–H and O–H groups in total. The predicted molar refractivity (Wildman–Crippen MR) is 87.2 cm³/mol. The molecule has 3 rings (SSSR count). The molecule has 1 aromatic rings. The molecule has 1 amide bonds. The van der Waals surface area contributed by atoms with Crippen LogP contribution < -0.4 is 9.80 Å². The van der Waals surface area contributed by atoms with E-state index in [2.05, 4.69) is 9.97 Å². The van der Waals surface area contributed by atoms with Crippen LogP contribution in [-0.2, 0) is 20.7 Å². The van der Waals surface area contributed by atoms with Gasteiger partial charge in [0.1, 0.15) is 11.7 Å². The number of halogens is 1. The van der Waals surface area contributed by atoms with Crippen molar-refractivity contribution in [1.82, 2.24) is 9.97 Å². The smallest absolute Gasteiger partial charge is 0.250 e. The third-order valence-corrected chi connectivity index (χ3v) is 4.62. The number of aryl methyl sites for hydroxylation is 1. The summed E-state index contributed by atoms with van der Waals surface area (Å²) in [5, 5.41) is 0.209. The molecule has 0 aliphatic carbocycles. The zero-order chi connectivity index (χ0) is 16.6. The van der Waals surface area contributed by atoms with Crippen LogP contribution in [-0.4, -0.2) is 61.9 Å². The summed E-state index contributed by atoms with van der Waals surface area (Å²) >= 11 is 6.10. The van der Waals surface area contributed by atoms with Gasteiger partial charge in [-0.3, -0.25) is 4.79 Å². The summed E-state index contributed by atoms with van der Waals surface area (Å²) in [7, 11) is 3.29. The molecule has 1 fully saturated rings. The van der Waals surface area contributed by atoms with E-state index in [0.717, 1.165) is 17.2 Å². The maximum Gasteiger partial charge on any atom is 0.250 e. The van der Waals surface area contributed by atoms with E-state index < -0.39 is 0 Å². The molecule has 2 atom stereocenters. The zero-order valence-electron chi connectivity index (χ0n) is 13.6. The summed E-state index contributed by atoms with van der Waals surface area (Å²) in [6.45, 7) is 3.56. The number of aromatic nitrogens is 2. The van der Waals surface area contributed by atoms with Gasteiger partial charge in [0.25, 0.3) is 0 Å². The van der Waals surface area contributed by atoms with E-state index in [1.165, 1.54) is 0 Å².